The molecule has 0 heterocycles. The second-order valence-electron chi connectivity index (χ2n) is 6.26. The van der Waals surface area contributed by atoms with Gasteiger partial charge in [0.15, 0.2) is 0 Å². The maximum absolute atomic E-state index is 9.44. The predicted octanol–water partition coefficient (Wildman–Crippen LogP) is 6.81. The topological polar surface area (TPSA) is 83.8 Å². The summed E-state index contributed by atoms with van der Waals surface area (Å²) in [7, 11) is -6.40. The van der Waals surface area contributed by atoms with Gasteiger partial charge in [-0.25, -0.2) is 4.31 Å². The maximum Gasteiger partial charge on any atom is 0.323 e. The van der Waals surface area contributed by atoms with Crippen LogP contribution in [0, 0.1) is 0 Å². The van der Waals surface area contributed by atoms with Crippen LogP contribution in [-0.4, -0.2) is 9.79 Å². The van der Waals surface area contributed by atoms with Crippen LogP contribution in [0.5, 0.6) is 0 Å². The Bertz CT molecular complexity index is 330. The minimum atomic E-state index is -3.20. The highest BCUT2D eigenvalue weighted by molar-refractivity contribution is 7.46. The summed E-state index contributed by atoms with van der Waals surface area (Å²) in [6.45, 7) is 9.26. The summed E-state index contributed by atoms with van der Waals surface area (Å²) in [4.78, 5) is 15.4. The lowest BCUT2D eigenvalue weighted by Crippen LogP contribution is -1.95. The van der Waals surface area contributed by atoms with Gasteiger partial charge in [0.1, 0.15) is 0 Å². The zero-order chi connectivity index (χ0) is 19.5. The molecule has 0 saturated heterocycles. The van der Waals surface area contributed by atoms with Gasteiger partial charge in [-0.2, -0.15) is 0 Å². The third-order valence-corrected chi connectivity index (χ3v) is 5.40. The van der Waals surface area contributed by atoms with Gasteiger partial charge in [-0.15, -0.1) is 0 Å². The SMILES string of the molecule is CCCCC(CCCC)=C(CCCC)CCCC.O=[PH](O)O[PH](=O)O. The first-order chi connectivity index (χ1) is 11.9. The van der Waals surface area contributed by atoms with Gasteiger partial charge in [-0.3, -0.25) is 9.13 Å². The Hall–Kier alpha value is 0.0800. The average molecular weight is 398 g/mol. The molecule has 25 heavy (non-hydrogen) atoms. The number of hydrogen-bond acceptors (Lipinski definition) is 3. The van der Waals surface area contributed by atoms with Gasteiger partial charge >= 0.3 is 16.5 Å². The molecular weight excluding hydrogens is 358 g/mol. The van der Waals surface area contributed by atoms with Crippen molar-refractivity contribution in [3.05, 3.63) is 11.1 Å². The van der Waals surface area contributed by atoms with Crippen LogP contribution in [0.1, 0.15) is 105 Å². The summed E-state index contributed by atoms with van der Waals surface area (Å²) in [5.41, 5.74) is 3.67. The molecule has 0 spiro atoms. The van der Waals surface area contributed by atoms with Crippen LogP contribution in [0.3, 0.4) is 0 Å². The van der Waals surface area contributed by atoms with Crippen molar-refractivity contribution in [1.82, 2.24) is 0 Å². The molecule has 0 bridgehead atoms. The van der Waals surface area contributed by atoms with Crippen molar-refractivity contribution >= 4 is 16.5 Å². The van der Waals surface area contributed by atoms with Crippen molar-refractivity contribution in [2.24, 2.45) is 0 Å². The normalized spacial score (nSPS) is 12.9. The van der Waals surface area contributed by atoms with Crippen molar-refractivity contribution in [3.8, 4) is 0 Å². The molecule has 2 N–H and O–H groups in total. The molecule has 2 atom stereocenters. The number of unbranched alkanes of at least 4 members (excludes halogenated alkanes) is 4. The summed E-state index contributed by atoms with van der Waals surface area (Å²) in [6, 6.07) is 0. The molecule has 5 nitrogen and oxygen atoms in total. The molecule has 0 aliphatic heterocycles. The van der Waals surface area contributed by atoms with Crippen LogP contribution in [0.25, 0.3) is 0 Å². The van der Waals surface area contributed by atoms with Crippen LogP contribution in [0.2, 0.25) is 0 Å². The quantitative estimate of drug-likeness (QED) is 0.248. The van der Waals surface area contributed by atoms with Crippen LogP contribution in [0.4, 0.5) is 0 Å². The van der Waals surface area contributed by atoms with Gasteiger partial charge in [-0.1, -0.05) is 64.5 Å². The van der Waals surface area contributed by atoms with E-state index in [1.807, 2.05) is 11.1 Å². The smallest absolute Gasteiger partial charge is 0.323 e. The van der Waals surface area contributed by atoms with Gasteiger partial charge in [0, 0.05) is 0 Å². The molecule has 0 radical (unpaired) electrons. The predicted molar refractivity (Wildman–Crippen MR) is 109 cm³/mol. The van der Waals surface area contributed by atoms with E-state index in [9.17, 15) is 9.13 Å². The Kier molecular flexibility index (Phi) is 22.3. The van der Waals surface area contributed by atoms with E-state index >= 15 is 0 Å². The molecule has 0 aromatic rings. The molecule has 152 valence electrons. The lowest BCUT2D eigenvalue weighted by Gasteiger charge is -2.15. The number of hydrogen-bond donors (Lipinski definition) is 2. The fourth-order valence-electron chi connectivity index (χ4n) is 2.59. The van der Waals surface area contributed by atoms with Gasteiger partial charge in [-0.05, 0) is 51.4 Å². The molecule has 0 rings (SSSR count). The summed E-state index contributed by atoms with van der Waals surface area (Å²) in [6.07, 6.45) is 16.4. The minimum Gasteiger partial charge on any atom is -0.326 e. The lowest BCUT2D eigenvalue weighted by atomic mass is 9.91. The highest BCUT2D eigenvalue weighted by atomic mass is 31.2. The summed E-state index contributed by atoms with van der Waals surface area (Å²) >= 11 is 0. The molecule has 7 heteroatoms. The van der Waals surface area contributed by atoms with Gasteiger partial charge in [0.05, 0.1) is 0 Å². The Morgan fingerprint density at radius 3 is 1.00 bits per heavy atom. The van der Waals surface area contributed by atoms with E-state index in [2.05, 4.69) is 32.0 Å². The van der Waals surface area contributed by atoms with E-state index < -0.39 is 16.5 Å². The first-order valence-corrected chi connectivity index (χ1v) is 12.3. The van der Waals surface area contributed by atoms with Crippen molar-refractivity contribution in [2.45, 2.75) is 105 Å². The molecule has 0 fully saturated rings. The molecule has 0 aromatic carbocycles. The van der Waals surface area contributed by atoms with Crippen molar-refractivity contribution in [1.29, 1.82) is 0 Å². The largest absolute Gasteiger partial charge is 0.326 e. The van der Waals surface area contributed by atoms with Crippen LogP contribution in [0.15, 0.2) is 11.1 Å². The molecule has 0 saturated carbocycles. The van der Waals surface area contributed by atoms with E-state index in [0.29, 0.717) is 0 Å². The fourth-order valence-corrected chi connectivity index (χ4v) is 3.19. The van der Waals surface area contributed by atoms with E-state index in [0.717, 1.165) is 0 Å². The standard InChI is InChI=1S/C18H36.H4O5P2/c1-5-9-13-17(14-10-6-2)18(15-11-7-3)16-12-8-4;1-6(2)5-7(3)4/h5-16H2,1-4H3;6-7H,(H,1,2)(H,3,4). The summed E-state index contributed by atoms with van der Waals surface area (Å²) in [5, 5.41) is 0. The second-order valence-corrected chi connectivity index (χ2v) is 8.14. The van der Waals surface area contributed by atoms with Gasteiger partial charge in [0.2, 0.25) is 0 Å². The van der Waals surface area contributed by atoms with Crippen molar-refractivity contribution < 1.29 is 23.2 Å². The van der Waals surface area contributed by atoms with E-state index in [1.165, 1.54) is 77.0 Å². The lowest BCUT2D eigenvalue weighted by molar-refractivity contribution is 0.371. The van der Waals surface area contributed by atoms with E-state index in [4.69, 9.17) is 9.79 Å². The highest BCUT2D eigenvalue weighted by Gasteiger charge is 2.06. The first-order valence-electron chi connectivity index (χ1n) is 9.76. The number of rotatable bonds is 14. The molecule has 0 aliphatic carbocycles. The Balaban J connectivity index is 0. The zero-order valence-corrected chi connectivity index (χ0v) is 18.6. The van der Waals surface area contributed by atoms with Crippen LogP contribution < -0.4 is 0 Å². The Morgan fingerprint density at radius 1 is 0.640 bits per heavy atom. The third kappa shape index (κ3) is 20.2. The van der Waals surface area contributed by atoms with E-state index in [1.54, 1.807) is 0 Å². The molecule has 2 unspecified atom stereocenters. The van der Waals surface area contributed by atoms with E-state index in [-0.39, 0.29) is 0 Å². The van der Waals surface area contributed by atoms with Crippen molar-refractivity contribution in [3.63, 3.8) is 0 Å². The van der Waals surface area contributed by atoms with Gasteiger partial charge < -0.3 is 9.79 Å². The molecule has 0 aromatic heterocycles. The second kappa shape index (κ2) is 20.4. The zero-order valence-electron chi connectivity index (χ0n) is 16.6. The monoisotopic (exact) mass is 398 g/mol. The van der Waals surface area contributed by atoms with Crippen LogP contribution in [-0.2, 0) is 13.4 Å². The molecule has 0 amide bonds. The number of allylic oxidation sites excluding steroid dienone is 2. The van der Waals surface area contributed by atoms with Crippen LogP contribution >= 0.6 is 16.5 Å². The first kappa shape index (κ1) is 27.3. The molecular formula is C18H40O5P2. The Labute approximate surface area is 156 Å². The Morgan fingerprint density at radius 2 is 0.880 bits per heavy atom. The maximum atomic E-state index is 9.44. The van der Waals surface area contributed by atoms with Crippen molar-refractivity contribution in [2.75, 3.05) is 0 Å². The fraction of sp³-hybridized carbons (Fsp3) is 0.889. The highest BCUT2D eigenvalue weighted by Crippen LogP contribution is 2.30. The summed E-state index contributed by atoms with van der Waals surface area (Å²) < 4.78 is 22.3. The molecule has 0 aliphatic rings. The van der Waals surface area contributed by atoms with Gasteiger partial charge in [0.25, 0.3) is 0 Å². The third-order valence-electron chi connectivity index (χ3n) is 4.00. The minimum absolute atomic E-state index is 1.34. The summed E-state index contributed by atoms with van der Waals surface area (Å²) in [5.74, 6) is 0. The average Bonchev–Trinajstić information content (AvgIpc) is 2.55.